The maximum Gasteiger partial charge on any atom is 0.333 e. The van der Waals surface area contributed by atoms with E-state index in [4.69, 9.17) is 71.1 Å². The zero-order valence-electron chi connectivity index (χ0n) is 44.2. The van der Waals surface area contributed by atoms with E-state index in [0.29, 0.717) is 63.4 Å². The number of esters is 1. The van der Waals surface area contributed by atoms with Crippen molar-refractivity contribution >= 4 is 5.97 Å². The Morgan fingerprint density at radius 2 is 0.840 bits per heavy atom. The Balaban J connectivity index is 0.597. The summed E-state index contributed by atoms with van der Waals surface area (Å²) in [6.45, 7) is 8.01. The minimum Gasteiger partial charge on any atom is -0.466 e. The fourth-order valence-electron chi connectivity index (χ4n) is 16.7. The summed E-state index contributed by atoms with van der Waals surface area (Å²) in [4.78, 5) is 12.0. The Hall–Kier alpha value is -1.47. The summed E-state index contributed by atoms with van der Waals surface area (Å²) >= 11 is 0. The molecule has 14 aliphatic rings. The predicted octanol–water partition coefficient (Wildman–Crippen LogP) is 3.36. The quantitative estimate of drug-likeness (QED) is 0.273. The number of carbonyl (C=O) groups is 1. The van der Waals surface area contributed by atoms with Crippen molar-refractivity contribution in [2.45, 2.75) is 325 Å². The first-order valence-corrected chi connectivity index (χ1v) is 29.1. The van der Waals surface area contributed by atoms with Gasteiger partial charge >= 0.3 is 5.97 Å². The van der Waals surface area contributed by atoms with Gasteiger partial charge in [0.2, 0.25) is 0 Å². The first-order chi connectivity index (χ1) is 36.1. The molecule has 14 heterocycles. The molecule has 14 saturated heterocycles. The molecule has 0 aromatic heterocycles. The van der Waals surface area contributed by atoms with Gasteiger partial charge in [-0.2, -0.15) is 0 Å². The summed E-state index contributed by atoms with van der Waals surface area (Å²) in [5.41, 5.74) is -0.646. The Kier molecular flexibility index (Phi) is 13.7. The molecule has 19 nitrogen and oxygen atoms in total. The van der Waals surface area contributed by atoms with Crippen molar-refractivity contribution in [3.63, 3.8) is 0 Å². The first kappa shape index (κ1) is 51.7. The van der Waals surface area contributed by atoms with Crippen LogP contribution in [0.3, 0.4) is 0 Å². The van der Waals surface area contributed by atoms with E-state index < -0.39 is 60.0 Å². The van der Waals surface area contributed by atoms with Crippen LogP contribution >= 0.6 is 0 Å². The van der Waals surface area contributed by atoms with Gasteiger partial charge in [0, 0.05) is 82.6 Å². The van der Waals surface area contributed by atoms with Crippen LogP contribution in [-0.2, 0) is 75.8 Å². The maximum absolute atomic E-state index is 12.0. The molecule has 75 heavy (non-hydrogen) atoms. The molecule has 31 atom stereocenters. The van der Waals surface area contributed by atoms with Crippen LogP contribution in [0.2, 0.25) is 0 Å². The summed E-state index contributed by atoms with van der Waals surface area (Å²) in [6.07, 6.45) is 4.80. The summed E-state index contributed by atoms with van der Waals surface area (Å²) < 4.78 is 100. The molecule has 0 radical (unpaired) electrons. The maximum atomic E-state index is 12.0. The molecule has 14 rings (SSSR count). The number of carbonyl (C=O) groups excluding carboxylic acids is 1. The molecule has 420 valence electrons. The van der Waals surface area contributed by atoms with Gasteiger partial charge < -0.3 is 86.4 Å². The Bertz CT molecular complexity index is 2130. The fraction of sp³-hybridized carbons (Fsp3) is 0.946. The lowest BCUT2D eigenvalue weighted by atomic mass is 9.80. The minimum absolute atomic E-state index is 0.0607. The molecule has 19 heteroatoms. The summed E-state index contributed by atoms with van der Waals surface area (Å²) in [7, 11) is 1.37. The normalized spacial score (nSPS) is 58.0. The molecule has 14 aliphatic heterocycles. The van der Waals surface area contributed by atoms with E-state index in [2.05, 4.69) is 13.8 Å². The van der Waals surface area contributed by atoms with Crippen molar-refractivity contribution in [3.05, 3.63) is 11.6 Å². The number of rotatable bonds is 3. The van der Waals surface area contributed by atoms with E-state index in [1.54, 1.807) is 6.92 Å². The molecule has 0 aromatic carbocycles. The number of aliphatic hydroxyl groups is 3. The monoisotopic (exact) mass is 1060 g/mol. The Morgan fingerprint density at radius 1 is 0.453 bits per heavy atom. The van der Waals surface area contributed by atoms with Crippen molar-refractivity contribution in [3.8, 4) is 0 Å². The average Bonchev–Trinajstić information content (AvgIpc) is 3.46. The van der Waals surface area contributed by atoms with Crippen LogP contribution in [0, 0.1) is 0 Å². The third-order valence-corrected chi connectivity index (χ3v) is 20.7. The van der Waals surface area contributed by atoms with E-state index >= 15 is 0 Å². The SMILES string of the molecule is COC(=O)/C(C)=C/C[C@H]1C[C@@H]2O[C@@H]3C[C@@H]4O[C@@H]5C[C@@H]6O[C@@H]7CC[C@@H]8O[C@@H]9C[C@@H]%10O[C@@H]%11C[C@]%12(C)O[C@@H]%13C[C@@H]%14O[C@H](C)[C@@H](O)C[C@H]%14O[C@H]%13CC[C@H]%12O[C@H]%11C[C@H]%10O[C@H]9C[C@H]8O[C@@]7(C)C[C@H]6O[C@H]5[C@@H](O)C[C@H]4O[C@H]3[C@@H](O)C[C@H]2O1. The van der Waals surface area contributed by atoms with E-state index in [-0.39, 0.29) is 134 Å². The van der Waals surface area contributed by atoms with Crippen LogP contribution in [0.1, 0.15) is 137 Å². The van der Waals surface area contributed by atoms with E-state index in [9.17, 15) is 20.1 Å². The molecule has 0 unspecified atom stereocenters. The van der Waals surface area contributed by atoms with Crippen LogP contribution in [0.15, 0.2) is 11.6 Å². The number of hydrogen-bond donors (Lipinski definition) is 3. The predicted molar refractivity (Wildman–Crippen MR) is 258 cm³/mol. The van der Waals surface area contributed by atoms with Gasteiger partial charge in [0.1, 0.15) is 12.2 Å². The second-order valence-electron chi connectivity index (χ2n) is 25.7. The van der Waals surface area contributed by atoms with Gasteiger partial charge in [-0.15, -0.1) is 0 Å². The molecule has 0 spiro atoms. The zero-order valence-corrected chi connectivity index (χ0v) is 44.2. The molecule has 0 amide bonds. The second-order valence-corrected chi connectivity index (χ2v) is 25.7. The number of fused-ring (bicyclic) bond motifs is 13. The lowest BCUT2D eigenvalue weighted by molar-refractivity contribution is -0.329. The van der Waals surface area contributed by atoms with E-state index in [1.807, 2.05) is 13.0 Å². The number of hydrogen-bond acceptors (Lipinski definition) is 19. The van der Waals surface area contributed by atoms with Gasteiger partial charge in [0.15, 0.2) is 0 Å². The van der Waals surface area contributed by atoms with E-state index in [0.717, 1.165) is 51.4 Å². The third kappa shape index (κ3) is 9.44. The molecular formula is C56H82O19. The molecule has 14 fully saturated rings. The topological polar surface area (TPSA) is 216 Å². The van der Waals surface area contributed by atoms with Gasteiger partial charge in [0.25, 0.3) is 0 Å². The smallest absolute Gasteiger partial charge is 0.333 e. The standard InChI is InChI=1S/C56H82O19/c1-24(54(60)61-5)6-7-26-12-32-33(63-26)14-28(58)52-46(67-32)20-41-35(72-52)15-29(59)53-47(68-41)21-43-49(73-53)23-56(4)51(71-43)11-9-31-45(75-56)19-40-37(65-31)16-39-38(66-40)17-42-48(69-39)22-55(3)50(70-42)10-8-30-44(74-55)18-36-34(64-30)13-27(57)25(2)62-36/h6,25-53,57-59H,7-23H2,1-5H3/b24-6+/t25-,26+,27+,28+,29+,30+,31+,32+,33-,34-,35-,36+,37-,38-,39+,40+,41+,42+,43+,44-,45-,46-,47-,48-,49-,50-,51-,52+,53+,55+,56+/m1/s1. The van der Waals surface area contributed by atoms with Crippen molar-refractivity contribution in [1.82, 2.24) is 0 Å². The number of methoxy groups -OCH3 is 1. The molecule has 0 saturated carbocycles. The van der Waals surface area contributed by atoms with Crippen LogP contribution in [0.5, 0.6) is 0 Å². The minimum atomic E-state index is -0.847. The average molecular weight is 1060 g/mol. The highest BCUT2D eigenvalue weighted by molar-refractivity contribution is 5.87. The van der Waals surface area contributed by atoms with Gasteiger partial charge in [-0.1, -0.05) is 6.08 Å². The fourth-order valence-corrected chi connectivity index (χ4v) is 16.7. The largest absolute Gasteiger partial charge is 0.466 e. The van der Waals surface area contributed by atoms with Crippen LogP contribution in [0.4, 0.5) is 0 Å². The van der Waals surface area contributed by atoms with Crippen LogP contribution in [-0.4, -0.2) is 217 Å². The lowest BCUT2D eigenvalue weighted by Gasteiger charge is -2.56. The third-order valence-electron chi connectivity index (χ3n) is 20.7. The summed E-state index contributed by atoms with van der Waals surface area (Å²) in [6, 6.07) is 0. The van der Waals surface area contributed by atoms with Crippen molar-refractivity contribution in [2.75, 3.05) is 7.11 Å². The van der Waals surface area contributed by atoms with Gasteiger partial charge in [-0.25, -0.2) is 4.79 Å². The molecule has 0 aliphatic carbocycles. The molecular weight excluding hydrogens is 977 g/mol. The molecule has 0 aromatic rings. The van der Waals surface area contributed by atoms with E-state index in [1.165, 1.54) is 7.11 Å². The van der Waals surface area contributed by atoms with Crippen molar-refractivity contribution < 1.29 is 91.2 Å². The number of aliphatic hydroxyl groups excluding tert-OH is 3. The van der Waals surface area contributed by atoms with Crippen molar-refractivity contribution in [1.29, 1.82) is 0 Å². The molecule has 3 N–H and O–H groups in total. The highest BCUT2D eigenvalue weighted by Gasteiger charge is 2.62. The zero-order chi connectivity index (χ0) is 51.2. The van der Waals surface area contributed by atoms with Crippen LogP contribution < -0.4 is 0 Å². The first-order valence-electron chi connectivity index (χ1n) is 29.1. The Morgan fingerprint density at radius 3 is 1.40 bits per heavy atom. The second kappa shape index (κ2) is 19.9. The number of ether oxygens (including phenoxy) is 15. The summed E-state index contributed by atoms with van der Waals surface area (Å²) in [5.74, 6) is -0.363. The summed E-state index contributed by atoms with van der Waals surface area (Å²) in [5, 5.41) is 33.9. The van der Waals surface area contributed by atoms with Crippen molar-refractivity contribution in [2.24, 2.45) is 0 Å². The van der Waals surface area contributed by atoms with Gasteiger partial charge in [0.05, 0.1) is 183 Å². The highest BCUT2D eigenvalue weighted by atomic mass is 16.7. The van der Waals surface area contributed by atoms with Gasteiger partial charge in [-0.3, -0.25) is 0 Å². The van der Waals surface area contributed by atoms with Gasteiger partial charge in [-0.05, 0) is 59.8 Å². The Labute approximate surface area is 439 Å². The lowest BCUT2D eigenvalue weighted by Crippen LogP contribution is -2.65. The highest BCUT2D eigenvalue weighted by Crippen LogP contribution is 2.52. The van der Waals surface area contributed by atoms with Crippen LogP contribution in [0.25, 0.3) is 0 Å². The molecule has 0 bridgehead atoms.